The lowest BCUT2D eigenvalue weighted by atomic mass is 10.1. The van der Waals surface area contributed by atoms with Gasteiger partial charge in [-0.1, -0.05) is 13.8 Å². The lowest BCUT2D eigenvalue weighted by Gasteiger charge is -2.38. The fourth-order valence-corrected chi connectivity index (χ4v) is 4.03. The SMILES string of the molecule is CC.CC1=CC(N2CCC(OC3CNC3)CC2)NN1c1ccc(OC(F)(F)F)cc1.OC1CNC1. The van der Waals surface area contributed by atoms with Gasteiger partial charge in [0.05, 0.1) is 30.2 Å². The normalized spacial score (nSPS) is 23.8. The zero-order valence-corrected chi connectivity index (χ0v) is 20.6. The molecular formula is C24H38F3N5O3. The third kappa shape index (κ3) is 8.33. The fraction of sp³-hybridized carbons (Fsp3) is 0.667. The van der Waals surface area contributed by atoms with E-state index in [-0.39, 0.29) is 18.0 Å². The van der Waals surface area contributed by atoms with Crippen LogP contribution in [0.3, 0.4) is 0 Å². The van der Waals surface area contributed by atoms with Crippen LogP contribution in [0.4, 0.5) is 18.9 Å². The van der Waals surface area contributed by atoms with Crippen LogP contribution in [0.25, 0.3) is 0 Å². The highest BCUT2D eigenvalue weighted by molar-refractivity contribution is 5.54. The molecule has 4 aliphatic heterocycles. The Labute approximate surface area is 205 Å². The molecular weight excluding hydrogens is 463 g/mol. The molecule has 0 spiro atoms. The number of piperidine rings is 1. The van der Waals surface area contributed by atoms with Gasteiger partial charge in [-0.05, 0) is 50.1 Å². The molecule has 11 heteroatoms. The van der Waals surface area contributed by atoms with Crippen molar-refractivity contribution in [1.29, 1.82) is 0 Å². The number of halogens is 3. The number of hydrogen-bond donors (Lipinski definition) is 4. The van der Waals surface area contributed by atoms with Crippen molar-refractivity contribution < 1.29 is 27.8 Å². The number of β-amino-alcohol motifs (C(OH)–C–C–N with tert-alkyl or cyclic N) is 1. The molecule has 4 N–H and O–H groups in total. The first kappa shape index (κ1) is 27.7. The number of alkyl halides is 3. The summed E-state index contributed by atoms with van der Waals surface area (Å²) in [4.78, 5) is 2.36. The van der Waals surface area contributed by atoms with E-state index in [0.29, 0.717) is 12.2 Å². The number of hydrogen-bond acceptors (Lipinski definition) is 8. The molecule has 4 aliphatic rings. The first-order chi connectivity index (χ1) is 16.8. The number of nitrogens with zero attached hydrogens (tertiary/aromatic N) is 2. The van der Waals surface area contributed by atoms with Gasteiger partial charge in [0.1, 0.15) is 5.75 Å². The van der Waals surface area contributed by atoms with E-state index in [9.17, 15) is 13.2 Å². The first-order valence-corrected chi connectivity index (χ1v) is 12.4. The highest BCUT2D eigenvalue weighted by atomic mass is 19.4. The molecule has 1 atom stereocenters. The van der Waals surface area contributed by atoms with Gasteiger partial charge in [-0.25, -0.2) is 5.43 Å². The minimum absolute atomic E-state index is 0.0463. The number of rotatable bonds is 5. The van der Waals surface area contributed by atoms with E-state index >= 15 is 0 Å². The van der Waals surface area contributed by atoms with Gasteiger partial charge in [0.25, 0.3) is 0 Å². The summed E-state index contributed by atoms with van der Waals surface area (Å²) in [5, 5.41) is 16.4. The van der Waals surface area contributed by atoms with E-state index in [0.717, 1.165) is 63.5 Å². The minimum Gasteiger partial charge on any atom is -0.406 e. The number of anilines is 1. The van der Waals surface area contributed by atoms with Crippen LogP contribution in [0.2, 0.25) is 0 Å². The molecule has 8 nitrogen and oxygen atoms in total. The molecule has 1 aromatic carbocycles. The fourth-order valence-electron chi connectivity index (χ4n) is 4.03. The van der Waals surface area contributed by atoms with Gasteiger partial charge in [-0.3, -0.25) is 9.91 Å². The highest BCUT2D eigenvalue weighted by Gasteiger charge is 2.33. The second-order valence-electron chi connectivity index (χ2n) is 8.72. The quantitative estimate of drug-likeness (QED) is 0.490. The number of allylic oxidation sites excluding steroid dienone is 1. The van der Waals surface area contributed by atoms with E-state index in [1.54, 1.807) is 12.1 Å². The van der Waals surface area contributed by atoms with Crippen molar-refractivity contribution in [3.05, 3.63) is 36.0 Å². The Bertz CT molecular complexity index is 793. The Morgan fingerprint density at radius 1 is 0.943 bits per heavy atom. The summed E-state index contributed by atoms with van der Waals surface area (Å²) in [5.41, 5.74) is 5.20. The van der Waals surface area contributed by atoms with Crippen molar-refractivity contribution in [1.82, 2.24) is 21.0 Å². The van der Waals surface area contributed by atoms with Crippen molar-refractivity contribution in [2.75, 3.05) is 44.3 Å². The lowest BCUT2D eigenvalue weighted by Crippen LogP contribution is -2.53. The molecule has 0 saturated carbocycles. The second-order valence-corrected chi connectivity index (χ2v) is 8.72. The van der Waals surface area contributed by atoms with E-state index in [2.05, 4.69) is 31.8 Å². The number of hydrazine groups is 1. The van der Waals surface area contributed by atoms with Crippen molar-refractivity contribution in [2.45, 2.75) is 64.5 Å². The molecule has 3 fully saturated rings. The van der Waals surface area contributed by atoms with Gasteiger partial charge in [0.15, 0.2) is 0 Å². The van der Waals surface area contributed by atoms with Crippen molar-refractivity contribution >= 4 is 5.69 Å². The van der Waals surface area contributed by atoms with Gasteiger partial charge < -0.3 is 25.2 Å². The van der Waals surface area contributed by atoms with Crippen LogP contribution in [0.15, 0.2) is 36.0 Å². The Morgan fingerprint density at radius 2 is 1.51 bits per heavy atom. The highest BCUT2D eigenvalue weighted by Crippen LogP contribution is 2.29. The standard InChI is InChI=1S/C19H25F3N4O2.C3H7NO.C2H6/c1-13-10-18(25-8-6-15(7-9-25)27-17-11-23-12-17)24-26(13)14-2-4-16(5-3-14)28-19(20,21)22;5-3-1-4-2-3;1-2/h2-5,10,15,17-18,23-24H,6-9,11-12H2,1H3;3-5H,1-2H2;1-2H3. The average molecular weight is 502 g/mol. The monoisotopic (exact) mass is 501 g/mol. The molecule has 3 saturated heterocycles. The summed E-state index contributed by atoms with van der Waals surface area (Å²) in [7, 11) is 0. The van der Waals surface area contributed by atoms with Crippen molar-refractivity contribution in [3.63, 3.8) is 0 Å². The molecule has 1 unspecified atom stereocenters. The number of nitrogens with one attached hydrogen (secondary N) is 3. The topological polar surface area (TPSA) is 81.3 Å². The Kier molecular flexibility index (Phi) is 10.2. The molecule has 0 radical (unpaired) electrons. The van der Waals surface area contributed by atoms with Crippen molar-refractivity contribution in [3.8, 4) is 5.75 Å². The van der Waals surface area contributed by atoms with Crippen LogP contribution < -0.4 is 25.8 Å². The van der Waals surface area contributed by atoms with Crippen LogP contribution >= 0.6 is 0 Å². The molecule has 1 aromatic rings. The summed E-state index contributed by atoms with van der Waals surface area (Å²) < 4.78 is 46.9. The number of benzene rings is 1. The third-order valence-electron chi connectivity index (χ3n) is 6.10. The van der Waals surface area contributed by atoms with Crippen LogP contribution in [-0.4, -0.2) is 80.1 Å². The summed E-state index contributed by atoms with van der Waals surface area (Å²) in [6.07, 6.45) is 0.176. The largest absolute Gasteiger partial charge is 0.573 e. The second kappa shape index (κ2) is 12.9. The summed E-state index contributed by atoms with van der Waals surface area (Å²) in [5.74, 6) is -0.225. The zero-order valence-electron chi connectivity index (χ0n) is 20.6. The summed E-state index contributed by atoms with van der Waals surface area (Å²) in [6.45, 7) is 11.4. The van der Waals surface area contributed by atoms with Gasteiger partial charge in [-0.2, -0.15) is 0 Å². The molecule has 4 heterocycles. The van der Waals surface area contributed by atoms with E-state index in [4.69, 9.17) is 9.84 Å². The molecule has 198 valence electrons. The number of ether oxygens (including phenoxy) is 2. The van der Waals surface area contributed by atoms with Crippen LogP contribution in [0.1, 0.15) is 33.6 Å². The Hall–Kier alpha value is -1.89. The van der Waals surface area contributed by atoms with Crippen LogP contribution in [0, 0.1) is 0 Å². The predicted molar refractivity (Wildman–Crippen MR) is 129 cm³/mol. The smallest absolute Gasteiger partial charge is 0.406 e. The number of likely N-dealkylation sites (tertiary alicyclic amines) is 1. The maximum atomic E-state index is 12.3. The first-order valence-electron chi connectivity index (χ1n) is 12.4. The van der Waals surface area contributed by atoms with E-state index in [1.807, 2.05) is 25.8 Å². The predicted octanol–water partition coefficient (Wildman–Crippen LogP) is 2.57. The maximum Gasteiger partial charge on any atom is 0.573 e. The maximum absolute atomic E-state index is 12.3. The summed E-state index contributed by atoms with van der Waals surface area (Å²) in [6, 6.07) is 5.87. The van der Waals surface area contributed by atoms with Crippen LogP contribution in [0.5, 0.6) is 5.75 Å². The third-order valence-corrected chi connectivity index (χ3v) is 6.10. The number of aliphatic hydroxyl groups is 1. The van der Waals surface area contributed by atoms with Gasteiger partial charge in [0, 0.05) is 45.0 Å². The van der Waals surface area contributed by atoms with Crippen molar-refractivity contribution in [2.24, 2.45) is 0 Å². The molecule has 0 aromatic heterocycles. The molecule has 0 amide bonds. The van der Waals surface area contributed by atoms with E-state index < -0.39 is 6.36 Å². The minimum atomic E-state index is -4.68. The zero-order chi connectivity index (χ0) is 25.4. The Balaban J connectivity index is 0.000000428. The van der Waals surface area contributed by atoms with Crippen LogP contribution in [-0.2, 0) is 4.74 Å². The van der Waals surface area contributed by atoms with Gasteiger partial charge in [-0.15, -0.1) is 13.2 Å². The lowest BCUT2D eigenvalue weighted by molar-refractivity contribution is -0.274. The van der Waals surface area contributed by atoms with Gasteiger partial charge >= 0.3 is 6.36 Å². The summed E-state index contributed by atoms with van der Waals surface area (Å²) >= 11 is 0. The van der Waals surface area contributed by atoms with E-state index in [1.165, 1.54) is 12.1 Å². The van der Waals surface area contributed by atoms with Gasteiger partial charge in [0.2, 0.25) is 0 Å². The molecule has 35 heavy (non-hydrogen) atoms. The molecule has 0 bridgehead atoms. The Morgan fingerprint density at radius 3 is 1.97 bits per heavy atom. The molecule has 5 rings (SSSR count). The number of aliphatic hydroxyl groups excluding tert-OH is 1. The average Bonchev–Trinajstić information content (AvgIpc) is 3.18. The molecule has 0 aliphatic carbocycles.